The van der Waals surface area contributed by atoms with Gasteiger partial charge in [-0.05, 0) is 28.7 Å². The highest BCUT2D eigenvalue weighted by Gasteiger charge is 2.13. The van der Waals surface area contributed by atoms with E-state index in [1.807, 2.05) is 0 Å². The second kappa shape index (κ2) is 6.98. The second-order valence-electron chi connectivity index (χ2n) is 5.71. The van der Waals surface area contributed by atoms with Gasteiger partial charge in [0.2, 0.25) is 0 Å². The molecule has 1 nitrogen and oxygen atoms in total. The maximum atomic E-state index is 11.7. The fourth-order valence-electron chi connectivity index (χ4n) is 1.73. The minimum absolute atomic E-state index is 0.180. The lowest BCUT2D eigenvalue weighted by Gasteiger charge is -2.19. The van der Waals surface area contributed by atoms with Crippen molar-refractivity contribution in [3.05, 3.63) is 35.4 Å². The van der Waals surface area contributed by atoms with Crippen molar-refractivity contribution < 1.29 is 4.79 Å². The zero-order chi connectivity index (χ0) is 13.6. The first kappa shape index (κ1) is 15.3. The Morgan fingerprint density at radius 1 is 1.17 bits per heavy atom. The zero-order valence-electron chi connectivity index (χ0n) is 12.0. The molecule has 2 heteroatoms. The van der Waals surface area contributed by atoms with Crippen LogP contribution in [0.2, 0.25) is 0 Å². The van der Waals surface area contributed by atoms with Crippen molar-refractivity contribution in [3.63, 3.8) is 0 Å². The Morgan fingerprint density at radius 2 is 1.78 bits per heavy atom. The third-order valence-electron chi connectivity index (χ3n) is 2.83. The van der Waals surface area contributed by atoms with Gasteiger partial charge in [0, 0.05) is 6.42 Å². The number of hydrogen-bond donors (Lipinski definition) is 0. The first-order chi connectivity index (χ1) is 8.43. The van der Waals surface area contributed by atoms with Gasteiger partial charge in [0.15, 0.2) is 0 Å². The normalized spacial score (nSPS) is 11.6. The molecule has 0 radical (unpaired) electrons. The number of rotatable bonds is 6. The van der Waals surface area contributed by atoms with E-state index >= 15 is 0 Å². The first-order valence-corrected chi connectivity index (χ1v) is 7.78. The molecule has 100 valence electrons. The van der Waals surface area contributed by atoms with E-state index in [9.17, 15) is 4.79 Å². The van der Waals surface area contributed by atoms with Gasteiger partial charge < -0.3 is 0 Å². The molecule has 18 heavy (non-hydrogen) atoms. The standard InChI is InChI=1S/C16H24OS/c1-5-10-18-12-15(17)11-13-6-8-14(9-7-13)16(2,3)4/h6-9H,5,10-12H2,1-4H3. The van der Waals surface area contributed by atoms with E-state index in [-0.39, 0.29) is 5.41 Å². The summed E-state index contributed by atoms with van der Waals surface area (Å²) >= 11 is 1.74. The lowest BCUT2D eigenvalue weighted by atomic mass is 9.86. The van der Waals surface area contributed by atoms with E-state index in [0.717, 1.165) is 17.7 Å². The van der Waals surface area contributed by atoms with Crippen LogP contribution < -0.4 is 0 Å². The van der Waals surface area contributed by atoms with Crippen LogP contribution in [0.5, 0.6) is 0 Å². The number of hydrogen-bond acceptors (Lipinski definition) is 2. The molecule has 0 N–H and O–H groups in total. The zero-order valence-corrected chi connectivity index (χ0v) is 12.8. The Kier molecular flexibility index (Phi) is 5.94. The van der Waals surface area contributed by atoms with Crippen LogP contribution >= 0.6 is 11.8 Å². The van der Waals surface area contributed by atoms with Crippen molar-refractivity contribution in [2.45, 2.75) is 46.0 Å². The van der Waals surface area contributed by atoms with Gasteiger partial charge >= 0.3 is 0 Å². The molecule has 1 rings (SSSR count). The van der Waals surface area contributed by atoms with Gasteiger partial charge in [-0.1, -0.05) is 52.0 Å². The Labute approximate surface area is 115 Å². The van der Waals surface area contributed by atoms with Gasteiger partial charge in [0.1, 0.15) is 5.78 Å². The summed E-state index contributed by atoms with van der Waals surface area (Å²) in [7, 11) is 0. The largest absolute Gasteiger partial charge is 0.298 e. The summed E-state index contributed by atoms with van der Waals surface area (Å²) in [5, 5.41) is 0. The number of thioether (sulfide) groups is 1. The molecule has 0 fully saturated rings. The van der Waals surface area contributed by atoms with Crippen molar-refractivity contribution >= 4 is 17.5 Å². The molecule has 0 amide bonds. The molecule has 0 atom stereocenters. The SMILES string of the molecule is CCCSCC(=O)Cc1ccc(C(C)(C)C)cc1. The molecular weight excluding hydrogens is 240 g/mol. The fourth-order valence-corrected chi connectivity index (χ4v) is 2.49. The van der Waals surface area contributed by atoms with Crippen LogP contribution in [0.3, 0.4) is 0 Å². The van der Waals surface area contributed by atoms with Gasteiger partial charge in [-0.25, -0.2) is 0 Å². The monoisotopic (exact) mass is 264 g/mol. The highest BCUT2D eigenvalue weighted by atomic mass is 32.2. The summed E-state index contributed by atoms with van der Waals surface area (Å²) in [5.41, 5.74) is 2.63. The van der Waals surface area contributed by atoms with Crippen LogP contribution in [-0.4, -0.2) is 17.3 Å². The number of ketones is 1. The third kappa shape index (κ3) is 5.26. The lowest BCUT2D eigenvalue weighted by molar-refractivity contribution is -0.116. The predicted octanol–water partition coefficient (Wildman–Crippen LogP) is 4.24. The fraction of sp³-hybridized carbons (Fsp3) is 0.562. The average molecular weight is 264 g/mol. The molecule has 0 unspecified atom stereocenters. The topological polar surface area (TPSA) is 17.1 Å². The summed E-state index contributed by atoms with van der Waals surface area (Å²) in [4.78, 5) is 11.7. The molecule has 0 aliphatic rings. The van der Waals surface area contributed by atoms with Gasteiger partial charge in [0.05, 0.1) is 5.75 Å². The van der Waals surface area contributed by atoms with Gasteiger partial charge in [0.25, 0.3) is 0 Å². The molecule has 0 aromatic heterocycles. The van der Waals surface area contributed by atoms with Crippen molar-refractivity contribution in [3.8, 4) is 0 Å². The van der Waals surface area contributed by atoms with Crippen molar-refractivity contribution in [1.29, 1.82) is 0 Å². The van der Waals surface area contributed by atoms with Crippen LogP contribution in [0.4, 0.5) is 0 Å². The van der Waals surface area contributed by atoms with Crippen LogP contribution in [0, 0.1) is 0 Å². The Hall–Kier alpha value is -0.760. The van der Waals surface area contributed by atoms with E-state index in [1.165, 1.54) is 5.56 Å². The second-order valence-corrected chi connectivity index (χ2v) is 6.82. The highest BCUT2D eigenvalue weighted by Crippen LogP contribution is 2.22. The summed E-state index contributed by atoms with van der Waals surface area (Å²) < 4.78 is 0. The van der Waals surface area contributed by atoms with Gasteiger partial charge in [-0.3, -0.25) is 4.79 Å². The third-order valence-corrected chi connectivity index (χ3v) is 4.06. The predicted molar refractivity (Wildman–Crippen MR) is 81.5 cm³/mol. The van der Waals surface area contributed by atoms with E-state index in [4.69, 9.17) is 0 Å². The van der Waals surface area contributed by atoms with Crippen LogP contribution in [-0.2, 0) is 16.6 Å². The minimum atomic E-state index is 0.180. The summed E-state index contributed by atoms with van der Waals surface area (Å²) in [6.07, 6.45) is 1.71. The Balaban J connectivity index is 2.51. The van der Waals surface area contributed by atoms with E-state index in [2.05, 4.69) is 52.0 Å². The van der Waals surface area contributed by atoms with E-state index in [1.54, 1.807) is 11.8 Å². The summed E-state index contributed by atoms with van der Waals surface area (Å²) in [6.45, 7) is 8.75. The van der Waals surface area contributed by atoms with Crippen LogP contribution in [0.25, 0.3) is 0 Å². The number of carbonyl (C=O) groups is 1. The maximum absolute atomic E-state index is 11.7. The summed E-state index contributed by atoms with van der Waals surface area (Å²) in [5.74, 6) is 2.06. The molecule has 0 aliphatic carbocycles. The number of benzene rings is 1. The maximum Gasteiger partial charge on any atom is 0.147 e. The average Bonchev–Trinajstić information content (AvgIpc) is 2.29. The Bertz CT molecular complexity index is 373. The van der Waals surface area contributed by atoms with Crippen LogP contribution in [0.15, 0.2) is 24.3 Å². The van der Waals surface area contributed by atoms with Gasteiger partial charge in [-0.2, -0.15) is 11.8 Å². The quantitative estimate of drug-likeness (QED) is 0.715. The smallest absolute Gasteiger partial charge is 0.147 e. The molecule has 0 saturated heterocycles. The first-order valence-electron chi connectivity index (χ1n) is 6.62. The highest BCUT2D eigenvalue weighted by molar-refractivity contribution is 7.99. The molecular formula is C16H24OS. The molecule has 0 heterocycles. The molecule has 0 bridgehead atoms. The summed E-state index contributed by atoms with van der Waals surface area (Å²) in [6, 6.07) is 8.45. The molecule has 0 aliphatic heterocycles. The molecule has 0 saturated carbocycles. The number of carbonyl (C=O) groups excluding carboxylic acids is 1. The van der Waals surface area contributed by atoms with E-state index in [0.29, 0.717) is 18.0 Å². The van der Waals surface area contributed by atoms with Gasteiger partial charge in [-0.15, -0.1) is 0 Å². The van der Waals surface area contributed by atoms with E-state index < -0.39 is 0 Å². The molecule has 0 spiro atoms. The van der Waals surface area contributed by atoms with Crippen LogP contribution in [0.1, 0.15) is 45.2 Å². The molecule has 1 aromatic carbocycles. The number of Topliss-reactive ketones (excluding diaryl/α,β-unsaturated/α-hetero) is 1. The lowest BCUT2D eigenvalue weighted by Crippen LogP contribution is -2.11. The minimum Gasteiger partial charge on any atom is -0.298 e. The van der Waals surface area contributed by atoms with Crippen molar-refractivity contribution in [2.75, 3.05) is 11.5 Å². The Morgan fingerprint density at radius 3 is 2.28 bits per heavy atom. The van der Waals surface area contributed by atoms with Crippen molar-refractivity contribution in [1.82, 2.24) is 0 Å². The van der Waals surface area contributed by atoms with Crippen molar-refractivity contribution in [2.24, 2.45) is 0 Å². The molecule has 1 aromatic rings.